The number of fused-ring (bicyclic) bond motifs is 1. The van der Waals surface area contributed by atoms with Crippen LogP contribution in [0.5, 0.6) is 0 Å². The first-order valence-electron chi connectivity index (χ1n) is 7.02. The lowest BCUT2D eigenvalue weighted by Gasteiger charge is -2.25. The fraction of sp³-hybridized carbons (Fsp3) is 0.438. The molecule has 1 aromatic carbocycles. The van der Waals surface area contributed by atoms with Crippen LogP contribution < -0.4 is 10.9 Å². The Kier molecular flexibility index (Phi) is 3.15. The van der Waals surface area contributed by atoms with E-state index in [-0.39, 0.29) is 11.1 Å². The second-order valence-corrected chi connectivity index (χ2v) is 5.83. The van der Waals surface area contributed by atoms with E-state index in [1.807, 2.05) is 30.3 Å². The predicted octanol–water partition coefficient (Wildman–Crippen LogP) is 2.95. The molecular weight excluding hydrogens is 236 g/mol. The van der Waals surface area contributed by atoms with Crippen LogP contribution in [0.2, 0.25) is 0 Å². The molecule has 2 aromatic rings. The molecule has 0 aliphatic heterocycles. The molecule has 1 aromatic heterocycles. The first-order chi connectivity index (χ1) is 9.16. The lowest BCUT2D eigenvalue weighted by atomic mass is 10.0. The molecule has 0 radical (unpaired) electrons. The second-order valence-electron chi connectivity index (χ2n) is 5.83. The summed E-state index contributed by atoms with van der Waals surface area (Å²) in [7, 11) is 0. The maximum absolute atomic E-state index is 12.0. The van der Waals surface area contributed by atoms with Gasteiger partial charge in [-0.15, -0.1) is 0 Å². The summed E-state index contributed by atoms with van der Waals surface area (Å²) in [5.74, 6) is 0. The van der Waals surface area contributed by atoms with Gasteiger partial charge in [-0.3, -0.25) is 4.79 Å². The SMILES string of the molecule is CC1(NCc2cc3ccccc3[nH]c2=O)CCCC1. The molecule has 2 N–H and O–H groups in total. The van der Waals surface area contributed by atoms with E-state index >= 15 is 0 Å². The predicted molar refractivity (Wildman–Crippen MR) is 78.3 cm³/mol. The Labute approximate surface area is 113 Å². The van der Waals surface area contributed by atoms with Gasteiger partial charge in [-0.25, -0.2) is 0 Å². The van der Waals surface area contributed by atoms with Gasteiger partial charge in [0.2, 0.25) is 0 Å². The Morgan fingerprint density at radius 1 is 1.26 bits per heavy atom. The van der Waals surface area contributed by atoms with Crippen LogP contribution in [0, 0.1) is 0 Å². The number of benzene rings is 1. The van der Waals surface area contributed by atoms with Gasteiger partial charge in [0.05, 0.1) is 0 Å². The summed E-state index contributed by atoms with van der Waals surface area (Å²) < 4.78 is 0. The van der Waals surface area contributed by atoms with E-state index in [1.54, 1.807) is 0 Å². The Hall–Kier alpha value is -1.61. The van der Waals surface area contributed by atoms with Crippen LogP contribution in [0.1, 0.15) is 38.2 Å². The summed E-state index contributed by atoms with van der Waals surface area (Å²) in [6.45, 7) is 2.91. The molecule has 19 heavy (non-hydrogen) atoms. The Morgan fingerprint density at radius 2 is 2.00 bits per heavy atom. The van der Waals surface area contributed by atoms with Gasteiger partial charge < -0.3 is 10.3 Å². The minimum atomic E-state index is 0.0211. The number of hydrogen-bond acceptors (Lipinski definition) is 2. The van der Waals surface area contributed by atoms with E-state index < -0.39 is 0 Å². The molecule has 1 aliphatic rings. The van der Waals surface area contributed by atoms with Crippen LogP contribution in [-0.2, 0) is 6.54 Å². The number of aromatic nitrogens is 1. The summed E-state index contributed by atoms with van der Waals surface area (Å²) in [6.07, 6.45) is 4.99. The fourth-order valence-electron chi connectivity index (χ4n) is 2.96. The maximum Gasteiger partial charge on any atom is 0.252 e. The molecule has 0 bridgehead atoms. The monoisotopic (exact) mass is 256 g/mol. The molecule has 1 aliphatic carbocycles. The van der Waals surface area contributed by atoms with Gasteiger partial charge in [0.15, 0.2) is 0 Å². The number of aromatic amines is 1. The number of hydrogen-bond donors (Lipinski definition) is 2. The molecule has 3 nitrogen and oxygen atoms in total. The second kappa shape index (κ2) is 4.82. The molecule has 3 heteroatoms. The zero-order chi connectivity index (χ0) is 13.3. The molecule has 0 amide bonds. The molecule has 1 fully saturated rings. The number of para-hydroxylation sites is 1. The average Bonchev–Trinajstić information content (AvgIpc) is 2.84. The van der Waals surface area contributed by atoms with Crippen molar-refractivity contribution in [2.45, 2.75) is 44.7 Å². The van der Waals surface area contributed by atoms with E-state index in [9.17, 15) is 4.79 Å². The molecule has 3 rings (SSSR count). The molecule has 0 spiro atoms. The van der Waals surface area contributed by atoms with E-state index in [2.05, 4.69) is 17.2 Å². The number of rotatable bonds is 3. The highest BCUT2D eigenvalue weighted by Gasteiger charge is 2.27. The van der Waals surface area contributed by atoms with Gasteiger partial charge >= 0.3 is 0 Å². The summed E-state index contributed by atoms with van der Waals surface area (Å²) in [5.41, 5.74) is 1.96. The Balaban J connectivity index is 1.84. The van der Waals surface area contributed by atoms with Crippen molar-refractivity contribution >= 4 is 10.9 Å². The van der Waals surface area contributed by atoms with E-state index in [4.69, 9.17) is 0 Å². The minimum absolute atomic E-state index is 0.0211. The summed E-state index contributed by atoms with van der Waals surface area (Å²) in [6, 6.07) is 9.91. The lowest BCUT2D eigenvalue weighted by molar-refractivity contribution is 0.362. The van der Waals surface area contributed by atoms with Crippen molar-refractivity contribution in [3.05, 3.63) is 46.2 Å². The highest BCUT2D eigenvalue weighted by atomic mass is 16.1. The average molecular weight is 256 g/mol. The highest BCUT2D eigenvalue weighted by molar-refractivity contribution is 5.78. The molecule has 100 valence electrons. The fourth-order valence-corrected chi connectivity index (χ4v) is 2.96. The standard InChI is InChI=1S/C16H20N2O/c1-16(8-4-5-9-16)17-11-13-10-12-6-2-3-7-14(12)18-15(13)19/h2-3,6-7,10,17H,4-5,8-9,11H2,1H3,(H,18,19). The van der Waals surface area contributed by atoms with Gasteiger partial charge in [-0.05, 0) is 37.3 Å². The topological polar surface area (TPSA) is 44.9 Å². The zero-order valence-corrected chi connectivity index (χ0v) is 11.3. The quantitative estimate of drug-likeness (QED) is 0.886. The third-order valence-electron chi connectivity index (χ3n) is 4.24. The van der Waals surface area contributed by atoms with Crippen LogP contribution in [0.15, 0.2) is 35.1 Å². The van der Waals surface area contributed by atoms with Crippen molar-refractivity contribution in [1.29, 1.82) is 0 Å². The number of pyridine rings is 1. The first kappa shape index (κ1) is 12.4. The van der Waals surface area contributed by atoms with Gasteiger partial charge in [0.25, 0.3) is 5.56 Å². The third-order valence-corrected chi connectivity index (χ3v) is 4.24. The molecule has 0 atom stereocenters. The number of nitrogens with one attached hydrogen (secondary N) is 2. The minimum Gasteiger partial charge on any atom is -0.322 e. The van der Waals surface area contributed by atoms with Crippen LogP contribution in [0.3, 0.4) is 0 Å². The molecular formula is C16H20N2O. The van der Waals surface area contributed by atoms with E-state index in [0.29, 0.717) is 6.54 Å². The van der Waals surface area contributed by atoms with Gasteiger partial charge in [0.1, 0.15) is 0 Å². The van der Waals surface area contributed by atoms with Crippen molar-refractivity contribution in [3.8, 4) is 0 Å². The molecule has 1 saturated carbocycles. The smallest absolute Gasteiger partial charge is 0.252 e. The Morgan fingerprint density at radius 3 is 2.79 bits per heavy atom. The van der Waals surface area contributed by atoms with Crippen molar-refractivity contribution in [2.24, 2.45) is 0 Å². The number of H-pyrrole nitrogens is 1. The highest BCUT2D eigenvalue weighted by Crippen LogP contribution is 2.29. The van der Waals surface area contributed by atoms with Crippen LogP contribution in [0.25, 0.3) is 10.9 Å². The van der Waals surface area contributed by atoms with E-state index in [1.165, 1.54) is 25.7 Å². The van der Waals surface area contributed by atoms with Gasteiger partial charge in [0, 0.05) is 23.2 Å². The maximum atomic E-state index is 12.0. The van der Waals surface area contributed by atoms with E-state index in [0.717, 1.165) is 16.5 Å². The molecule has 0 unspecified atom stereocenters. The third kappa shape index (κ3) is 2.56. The lowest BCUT2D eigenvalue weighted by Crippen LogP contribution is -2.40. The van der Waals surface area contributed by atoms with Crippen molar-refractivity contribution in [1.82, 2.24) is 10.3 Å². The summed E-state index contributed by atoms with van der Waals surface area (Å²) >= 11 is 0. The normalized spacial score (nSPS) is 17.9. The van der Waals surface area contributed by atoms with Crippen LogP contribution in [0.4, 0.5) is 0 Å². The first-order valence-corrected chi connectivity index (χ1v) is 7.02. The largest absolute Gasteiger partial charge is 0.322 e. The zero-order valence-electron chi connectivity index (χ0n) is 11.3. The van der Waals surface area contributed by atoms with Gasteiger partial charge in [-0.1, -0.05) is 31.0 Å². The Bertz CT molecular complexity index is 638. The van der Waals surface area contributed by atoms with Crippen molar-refractivity contribution < 1.29 is 0 Å². The summed E-state index contributed by atoms with van der Waals surface area (Å²) in [5, 5.41) is 4.65. The van der Waals surface area contributed by atoms with Crippen molar-refractivity contribution in [2.75, 3.05) is 0 Å². The van der Waals surface area contributed by atoms with Crippen molar-refractivity contribution in [3.63, 3.8) is 0 Å². The summed E-state index contributed by atoms with van der Waals surface area (Å²) in [4.78, 5) is 15.0. The van der Waals surface area contributed by atoms with Crippen LogP contribution >= 0.6 is 0 Å². The van der Waals surface area contributed by atoms with Gasteiger partial charge in [-0.2, -0.15) is 0 Å². The molecule has 1 heterocycles. The molecule has 0 saturated heterocycles. The van der Waals surface area contributed by atoms with Crippen LogP contribution in [-0.4, -0.2) is 10.5 Å².